The Hall–Kier alpha value is -4.31. The van der Waals surface area contributed by atoms with Gasteiger partial charge in [-0.15, -0.1) is 0 Å². The van der Waals surface area contributed by atoms with Gasteiger partial charge in [0, 0.05) is 23.9 Å². The zero-order valence-electron chi connectivity index (χ0n) is 21.4. The number of pyridine rings is 1. The van der Waals surface area contributed by atoms with Gasteiger partial charge in [0.25, 0.3) is 0 Å². The minimum atomic E-state index is -0.851. The number of anilines is 1. The molecule has 0 saturated carbocycles. The Labute approximate surface area is 219 Å². The van der Waals surface area contributed by atoms with Crippen LogP contribution in [0.2, 0.25) is 0 Å². The molecule has 1 aromatic heterocycles. The number of ether oxygens (including phenoxy) is 2. The summed E-state index contributed by atoms with van der Waals surface area (Å²) in [6, 6.07) is 17.1. The van der Waals surface area contributed by atoms with Crippen molar-refractivity contribution in [2.75, 3.05) is 18.1 Å². The molecule has 0 spiro atoms. The van der Waals surface area contributed by atoms with E-state index in [1.807, 2.05) is 44.2 Å². The zero-order valence-corrected chi connectivity index (χ0v) is 21.4. The molecule has 9 nitrogen and oxygen atoms in total. The molecule has 198 valence electrons. The van der Waals surface area contributed by atoms with E-state index >= 15 is 0 Å². The highest BCUT2D eigenvalue weighted by molar-refractivity contribution is 6.35. The summed E-state index contributed by atoms with van der Waals surface area (Å²) in [5.74, 6) is -1.50. The number of hydrogen-bond donors (Lipinski definition) is 2. The van der Waals surface area contributed by atoms with E-state index in [9.17, 15) is 19.2 Å². The van der Waals surface area contributed by atoms with Crippen molar-refractivity contribution >= 4 is 29.4 Å². The van der Waals surface area contributed by atoms with Gasteiger partial charge < -0.3 is 9.47 Å². The second-order valence-corrected chi connectivity index (χ2v) is 9.44. The molecule has 2 N–H and O–H groups in total. The van der Waals surface area contributed by atoms with E-state index in [0.29, 0.717) is 23.5 Å². The second-order valence-electron chi connectivity index (χ2n) is 9.44. The van der Waals surface area contributed by atoms with Crippen molar-refractivity contribution in [1.29, 1.82) is 0 Å². The molecule has 38 heavy (non-hydrogen) atoms. The molecule has 0 atom stereocenters. The lowest BCUT2D eigenvalue weighted by Gasteiger charge is -2.19. The highest BCUT2D eigenvalue weighted by Crippen LogP contribution is 2.42. The van der Waals surface area contributed by atoms with Gasteiger partial charge in [-0.2, -0.15) is 0 Å². The lowest BCUT2D eigenvalue weighted by molar-refractivity contribution is -0.135. The molecule has 10 heteroatoms. The fourth-order valence-corrected chi connectivity index (χ4v) is 4.22. The van der Waals surface area contributed by atoms with Gasteiger partial charge in [-0.3, -0.25) is 10.1 Å². The van der Waals surface area contributed by atoms with E-state index in [4.69, 9.17) is 14.5 Å². The van der Waals surface area contributed by atoms with Gasteiger partial charge >= 0.3 is 12.1 Å². The lowest BCUT2D eigenvalue weighted by Crippen LogP contribution is -2.34. The number of fused-ring (bicyclic) bond motifs is 1. The van der Waals surface area contributed by atoms with Crippen molar-refractivity contribution < 1.29 is 28.7 Å². The van der Waals surface area contributed by atoms with Crippen molar-refractivity contribution in [2.24, 2.45) is 4.99 Å². The Morgan fingerprint density at radius 1 is 1.11 bits per heavy atom. The van der Waals surface area contributed by atoms with Gasteiger partial charge in [0.2, 0.25) is 5.84 Å². The van der Waals surface area contributed by atoms with Crippen molar-refractivity contribution in [2.45, 2.75) is 39.2 Å². The topological polar surface area (TPSA) is 113 Å². The van der Waals surface area contributed by atoms with Crippen LogP contribution in [0.4, 0.5) is 20.7 Å². The third-order valence-corrected chi connectivity index (χ3v) is 6.07. The van der Waals surface area contributed by atoms with E-state index < -0.39 is 23.3 Å². The number of amides is 1. The summed E-state index contributed by atoms with van der Waals surface area (Å²) in [6.07, 6.45) is -0.246. The van der Waals surface area contributed by atoms with Gasteiger partial charge in [-0.25, -0.2) is 29.4 Å². The van der Waals surface area contributed by atoms with Crippen LogP contribution in [0.5, 0.6) is 0 Å². The number of aliphatic imine (C=N–C) groups is 1. The predicted molar refractivity (Wildman–Crippen MR) is 139 cm³/mol. The molecule has 0 saturated heterocycles. The van der Waals surface area contributed by atoms with E-state index in [0.717, 1.165) is 11.1 Å². The van der Waals surface area contributed by atoms with E-state index in [1.165, 1.54) is 17.0 Å². The maximum Gasteiger partial charge on any atom is 0.414 e. The summed E-state index contributed by atoms with van der Waals surface area (Å²) in [4.78, 5) is 35.9. The average Bonchev–Trinajstić information content (AvgIpc) is 3.17. The molecule has 2 aromatic carbocycles. The SMILES string of the molecule is CCOC(=O)C(=Nc1nc2c(cc1Cc1ccc(F)cc1)N(C(=O)OCc1ccccc1)CC2(C)C)NO. The highest BCUT2D eigenvalue weighted by Gasteiger charge is 2.41. The number of nitrogens with one attached hydrogen (secondary N) is 1. The summed E-state index contributed by atoms with van der Waals surface area (Å²) in [5.41, 5.74) is 4.53. The van der Waals surface area contributed by atoms with Gasteiger partial charge in [0.05, 0.1) is 18.0 Å². The van der Waals surface area contributed by atoms with Crippen LogP contribution < -0.4 is 10.4 Å². The maximum atomic E-state index is 13.5. The zero-order chi connectivity index (χ0) is 27.3. The summed E-state index contributed by atoms with van der Waals surface area (Å²) < 4.78 is 24.0. The Kier molecular flexibility index (Phi) is 8.02. The number of benzene rings is 2. The maximum absolute atomic E-state index is 13.5. The largest absolute Gasteiger partial charge is 0.460 e. The molecule has 0 bridgehead atoms. The van der Waals surface area contributed by atoms with Crippen LogP contribution in [0.3, 0.4) is 0 Å². The first-order valence-electron chi connectivity index (χ1n) is 12.1. The van der Waals surface area contributed by atoms with Crippen molar-refractivity contribution in [3.63, 3.8) is 0 Å². The Morgan fingerprint density at radius 2 is 1.82 bits per heavy atom. The van der Waals surface area contributed by atoms with Crippen LogP contribution in [0.25, 0.3) is 0 Å². The second kappa shape index (κ2) is 11.4. The van der Waals surface area contributed by atoms with Crippen LogP contribution in [-0.4, -0.2) is 41.2 Å². The minimum Gasteiger partial charge on any atom is -0.460 e. The summed E-state index contributed by atoms with van der Waals surface area (Å²) >= 11 is 0. The molecule has 1 aliphatic rings. The third kappa shape index (κ3) is 5.97. The number of hydrogen-bond acceptors (Lipinski definition) is 7. The fourth-order valence-electron chi connectivity index (χ4n) is 4.22. The van der Waals surface area contributed by atoms with Crippen LogP contribution in [0.15, 0.2) is 65.7 Å². The molecule has 0 aliphatic carbocycles. The molecule has 1 amide bonds. The predicted octanol–water partition coefficient (Wildman–Crippen LogP) is 4.82. The quantitative estimate of drug-likeness (QED) is 0.207. The minimum absolute atomic E-state index is 0.0900. The summed E-state index contributed by atoms with van der Waals surface area (Å²) in [7, 11) is 0. The molecule has 0 fully saturated rings. The molecule has 4 rings (SSSR count). The average molecular weight is 521 g/mol. The summed E-state index contributed by atoms with van der Waals surface area (Å²) in [6.45, 7) is 6.03. The van der Waals surface area contributed by atoms with Crippen molar-refractivity contribution in [1.82, 2.24) is 10.5 Å². The van der Waals surface area contributed by atoms with Crippen LogP contribution in [0, 0.1) is 5.82 Å². The first-order valence-corrected chi connectivity index (χ1v) is 12.1. The number of rotatable bonds is 6. The first kappa shape index (κ1) is 26.7. The number of amidine groups is 1. The molecular weight excluding hydrogens is 491 g/mol. The van der Waals surface area contributed by atoms with Gasteiger partial charge in [-0.1, -0.05) is 56.3 Å². The van der Waals surface area contributed by atoms with Crippen LogP contribution in [-0.2, 0) is 32.7 Å². The Balaban J connectivity index is 1.74. The number of aromatic nitrogens is 1. The normalized spacial score (nSPS) is 14.1. The van der Waals surface area contributed by atoms with Crippen molar-refractivity contribution in [3.8, 4) is 0 Å². The smallest absolute Gasteiger partial charge is 0.414 e. The first-order chi connectivity index (χ1) is 18.2. The number of hydroxylamine groups is 1. The molecule has 3 aromatic rings. The molecule has 2 heterocycles. The fraction of sp³-hybridized carbons (Fsp3) is 0.286. The number of carbonyl (C=O) groups excluding carboxylic acids is 2. The van der Waals surface area contributed by atoms with E-state index in [2.05, 4.69) is 4.99 Å². The van der Waals surface area contributed by atoms with E-state index in [1.54, 1.807) is 30.6 Å². The Bertz CT molecular complexity index is 1340. The van der Waals surface area contributed by atoms with Gasteiger partial charge in [-0.05, 0) is 36.2 Å². The highest BCUT2D eigenvalue weighted by atomic mass is 19.1. The van der Waals surface area contributed by atoms with Gasteiger partial charge in [0.15, 0.2) is 5.82 Å². The molecule has 0 radical (unpaired) electrons. The molecule has 0 unspecified atom stereocenters. The lowest BCUT2D eigenvalue weighted by atomic mass is 9.90. The van der Waals surface area contributed by atoms with Gasteiger partial charge in [0.1, 0.15) is 12.4 Å². The summed E-state index contributed by atoms with van der Waals surface area (Å²) in [5, 5.41) is 9.54. The van der Waals surface area contributed by atoms with E-state index in [-0.39, 0.29) is 31.3 Å². The number of carbonyl (C=O) groups is 2. The number of halogens is 1. The number of nitrogens with zero attached hydrogens (tertiary/aromatic N) is 3. The van der Waals surface area contributed by atoms with Crippen LogP contribution in [0.1, 0.15) is 43.2 Å². The molecular formula is C28H29FN4O5. The van der Waals surface area contributed by atoms with Crippen molar-refractivity contribution in [3.05, 3.63) is 88.9 Å². The monoisotopic (exact) mass is 520 g/mol. The Morgan fingerprint density at radius 3 is 2.47 bits per heavy atom. The molecule has 1 aliphatic heterocycles. The standard InChI is InChI=1S/C28H29FN4O5/c1-4-37-26(34)25(32-36)31-24-20(14-18-10-12-21(29)13-11-18)15-22-23(30-24)28(2,3)17-33(22)27(35)38-16-19-8-6-5-7-9-19/h5-13,15,36H,4,14,16-17H2,1-3H3,(H,30,31,32). The number of esters is 1. The van der Waals surface area contributed by atoms with Crippen LogP contribution >= 0.6 is 0 Å². The third-order valence-electron chi connectivity index (χ3n) is 6.07.